The van der Waals surface area contributed by atoms with E-state index in [4.69, 9.17) is 4.74 Å². The van der Waals surface area contributed by atoms with Crippen LogP contribution in [0, 0.1) is 5.41 Å². The largest absolute Gasteiger partial charge is 0.481 e. The summed E-state index contributed by atoms with van der Waals surface area (Å²) in [6.07, 6.45) is -0.493. The Morgan fingerprint density at radius 1 is 1.30 bits per heavy atom. The Morgan fingerprint density at radius 2 is 1.90 bits per heavy atom. The molecule has 0 fully saturated rings. The Hall–Kier alpha value is -1.55. The van der Waals surface area contributed by atoms with Gasteiger partial charge in [0.1, 0.15) is 5.75 Å². The summed E-state index contributed by atoms with van der Waals surface area (Å²) < 4.78 is 5.60. The van der Waals surface area contributed by atoms with E-state index in [1.54, 1.807) is 6.92 Å². The Bertz CT molecular complexity index is 416. The Balaban J connectivity index is 2.42. The van der Waals surface area contributed by atoms with Gasteiger partial charge in [0, 0.05) is 13.1 Å². The second-order valence-electron chi connectivity index (χ2n) is 6.19. The SMILES string of the molecule is CC(Oc1ccccc1)C(=O)NCC(C)(C)CN(C)C. The van der Waals surface area contributed by atoms with Gasteiger partial charge in [0.25, 0.3) is 5.91 Å². The molecule has 1 atom stereocenters. The van der Waals surface area contributed by atoms with Gasteiger partial charge < -0.3 is 15.0 Å². The lowest BCUT2D eigenvalue weighted by Crippen LogP contribution is -2.44. The van der Waals surface area contributed by atoms with Crippen LogP contribution in [0.25, 0.3) is 0 Å². The lowest BCUT2D eigenvalue weighted by atomic mass is 9.93. The molecular weight excluding hydrogens is 252 g/mol. The van der Waals surface area contributed by atoms with E-state index < -0.39 is 6.10 Å². The van der Waals surface area contributed by atoms with Gasteiger partial charge in [-0.25, -0.2) is 0 Å². The average Bonchev–Trinajstić information content (AvgIpc) is 2.35. The molecule has 1 N–H and O–H groups in total. The average molecular weight is 278 g/mol. The lowest BCUT2D eigenvalue weighted by Gasteiger charge is -2.29. The maximum atomic E-state index is 12.0. The van der Waals surface area contributed by atoms with Gasteiger partial charge in [-0.1, -0.05) is 32.0 Å². The third-order valence-electron chi connectivity index (χ3n) is 2.91. The zero-order chi connectivity index (χ0) is 15.2. The highest BCUT2D eigenvalue weighted by molar-refractivity contribution is 5.80. The van der Waals surface area contributed by atoms with Gasteiger partial charge >= 0.3 is 0 Å². The number of ether oxygens (including phenoxy) is 1. The summed E-state index contributed by atoms with van der Waals surface area (Å²) in [6.45, 7) is 7.58. The van der Waals surface area contributed by atoms with Crippen molar-refractivity contribution in [3.63, 3.8) is 0 Å². The van der Waals surface area contributed by atoms with Crippen LogP contribution in [-0.4, -0.2) is 44.1 Å². The van der Waals surface area contributed by atoms with Crippen molar-refractivity contribution in [2.24, 2.45) is 5.41 Å². The van der Waals surface area contributed by atoms with Crippen LogP contribution in [0.5, 0.6) is 5.75 Å². The van der Waals surface area contributed by atoms with Crippen LogP contribution in [0.2, 0.25) is 0 Å². The number of nitrogens with one attached hydrogen (secondary N) is 1. The minimum absolute atomic E-state index is 0.0334. The third kappa shape index (κ3) is 6.06. The first kappa shape index (κ1) is 16.5. The highest BCUT2D eigenvalue weighted by Crippen LogP contribution is 2.15. The minimum atomic E-state index is -0.493. The fourth-order valence-corrected chi connectivity index (χ4v) is 2.14. The van der Waals surface area contributed by atoms with Crippen molar-refractivity contribution in [2.45, 2.75) is 26.9 Å². The maximum absolute atomic E-state index is 12.0. The Morgan fingerprint density at radius 3 is 2.45 bits per heavy atom. The van der Waals surface area contributed by atoms with Crippen LogP contribution in [0.4, 0.5) is 0 Å². The van der Waals surface area contributed by atoms with E-state index in [9.17, 15) is 4.79 Å². The van der Waals surface area contributed by atoms with Gasteiger partial charge in [-0.3, -0.25) is 4.79 Å². The molecule has 1 amide bonds. The zero-order valence-corrected chi connectivity index (χ0v) is 13.1. The van der Waals surface area contributed by atoms with Gasteiger partial charge in [0.2, 0.25) is 0 Å². The van der Waals surface area contributed by atoms with E-state index in [0.29, 0.717) is 12.3 Å². The summed E-state index contributed by atoms with van der Waals surface area (Å²) >= 11 is 0. The number of benzene rings is 1. The molecule has 0 aliphatic heterocycles. The van der Waals surface area contributed by atoms with Crippen molar-refractivity contribution >= 4 is 5.91 Å². The van der Waals surface area contributed by atoms with Crippen LogP contribution < -0.4 is 10.1 Å². The summed E-state index contributed by atoms with van der Waals surface area (Å²) in [5.41, 5.74) is 0.0334. The number of carbonyl (C=O) groups excluding carboxylic acids is 1. The predicted octanol–water partition coefficient (Wildman–Crippen LogP) is 2.16. The third-order valence-corrected chi connectivity index (χ3v) is 2.91. The van der Waals surface area contributed by atoms with Crippen molar-refractivity contribution in [3.8, 4) is 5.75 Å². The minimum Gasteiger partial charge on any atom is -0.481 e. The Kier molecular flexibility index (Phi) is 6.02. The molecule has 0 heterocycles. The van der Waals surface area contributed by atoms with Crippen molar-refractivity contribution < 1.29 is 9.53 Å². The monoisotopic (exact) mass is 278 g/mol. The smallest absolute Gasteiger partial charge is 0.260 e. The van der Waals surface area contributed by atoms with Crippen LogP contribution in [0.1, 0.15) is 20.8 Å². The molecule has 20 heavy (non-hydrogen) atoms. The standard InChI is InChI=1S/C16H26N2O2/c1-13(20-14-9-7-6-8-10-14)15(19)17-11-16(2,3)12-18(4)5/h6-10,13H,11-12H2,1-5H3,(H,17,19). The predicted molar refractivity (Wildman–Crippen MR) is 81.9 cm³/mol. The summed E-state index contributed by atoms with van der Waals surface area (Å²) in [4.78, 5) is 14.2. The quantitative estimate of drug-likeness (QED) is 0.831. The molecule has 0 aliphatic carbocycles. The van der Waals surface area contributed by atoms with E-state index in [-0.39, 0.29) is 11.3 Å². The molecule has 1 aromatic rings. The molecule has 4 nitrogen and oxygen atoms in total. The number of amides is 1. The number of para-hydroxylation sites is 1. The van der Waals surface area contributed by atoms with Crippen molar-refractivity contribution in [1.29, 1.82) is 0 Å². The second-order valence-corrected chi connectivity index (χ2v) is 6.19. The van der Waals surface area contributed by atoms with Gasteiger partial charge in [0.05, 0.1) is 0 Å². The molecule has 4 heteroatoms. The molecule has 112 valence electrons. The highest BCUT2D eigenvalue weighted by Gasteiger charge is 2.22. The molecule has 1 aromatic carbocycles. The molecule has 1 unspecified atom stereocenters. The first-order valence-corrected chi connectivity index (χ1v) is 6.94. The summed E-state index contributed by atoms with van der Waals surface area (Å²) in [5, 5.41) is 2.96. The van der Waals surface area contributed by atoms with E-state index in [2.05, 4.69) is 24.1 Å². The molecular formula is C16H26N2O2. The van der Waals surface area contributed by atoms with Gasteiger partial charge in [-0.15, -0.1) is 0 Å². The molecule has 0 saturated heterocycles. The normalized spacial score (nSPS) is 13.1. The summed E-state index contributed by atoms with van der Waals surface area (Å²) in [6, 6.07) is 9.39. The van der Waals surface area contributed by atoms with Gasteiger partial charge in [-0.2, -0.15) is 0 Å². The summed E-state index contributed by atoms with van der Waals surface area (Å²) in [7, 11) is 4.06. The van der Waals surface area contributed by atoms with E-state index >= 15 is 0 Å². The number of nitrogens with zero attached hydrogens (tertiary/aromatic N) is 1. The fraction of sp³-hybridized carbons (Fsp3) is 0.562. The molecule has 0 aliphatic rings. The number of rotatable bonds is 7. The van der Waals surface area contributed by atoms with E-state index in [0.717, 1.165) is 6.54 Å². The second kappa shape index (κ2) is 7.29. The topological polar surface area (TPSA) is 41.6 Å². The van der Waals surface area contributed by atoms with Crippen molar-refractivity contribution in [3.05, 3.63) is 30.3 Å². The van der Waals surface area contributed by atoms with Crippen LogP contribution >= 0.6 is 0 Å². The van der Waals surface area contributed by atoms with Gasteiger partial charge in [-0.05, 0) is 38.6 Å². The van der Waals surface area contributed by atoms with E-state index in [1.807, 2.05) is 44.4 Å². The first-order chi connectivity index (χ1) is 9.30. The molecule has 1 rings (SSSR count). The maximum Gasteiger partial charge on any atom is 0.260 e. The first-order valence-electron chi connectivity index (χ1n) is 6.94. The lowest BCUT2D eigenvalue weighted by molar-refractivity contribution is -0.127. The van der Waals surface area contributed by atoms with Crippen molar-refractivity contribution in [2.75, 3.05) is 27.2 Å². The van der Waals surface area contributed by atoms with Crippen molar-refractivity contribution in [1.82, 2.24) is 10.2 Å². The Labute approximate surface area is 122 Å². The van der Waals surface area contributed by atoms with Crippen LogP contribution in [0.3, 0.4) is 0 Å². The molecule has 0 saturated carbocycles. The number of hydrogen-bond acceptors (Lipinski definition) is 3. The fourth-order valence-electron chi connectivity index (χ4n) is 2.14. The van der Waals surface area contributed by atoms with E-state index in [1.165, 1.54) is 0 Å². The number of hydrogen-bond donors (Lipinski definition) is 1. The molecule has 0 spiro atoms. The molecule has 0 radical (unpaired) electrons. The summed E-state index contributed by atoms with van der Waals surface area (Å²) in [5.74, 6) is 0.628. The highest BCUT2D eigenvalue weighted by atomic mass is 16.5. The number of carbonyl (C=O) groups is 1. The van der Waals surface area contributed by atoms with Gasteiger partial charge in [0.15, 0.2) is 6.10 Å². The molecule has 0 bridgehead atoms. The zero-order valence-electron chi connectivity index (χ0n) is 13.1. The van der Waals surface area contributed by atoms with Crippen LogP contribution in [-0.2, 0) is 4.79 Å². The molecule has 0 aromatic heterocycles. The van der Waals surface area contributed by atoms with Crippen LogP contribution in [0.15, 0.2) is 30.3 Å².